The molecule has 0 radical (unpaired) electrons. The predicted molar refractivity (Wildman–Crippen MR) is 93.3 cm³/mol. The second-order valence-electron chi connectivity index (χ2n) is 4.35. The van der Waals surface area contributed by atoms with E-state index in [4.69, 9.17) is 39.8 Å². The average molecular weight is 355 g/mol. The van der Waals surface area contributed by atoms with Gasteiger partial charge in [0.25, 0.3) is 0 Å². The van der Waals surface area contributed by atoms with Gasteiger partial charge in [0, 0.05) is 11.8 Å². The quantitative estimate of drug-likeness (QED) is 0.632. The van der Waals surface area contributed by atoms with Crippen molar-refractivity contribution in [1.29, 1.82) is 0 Å². The first kappa shape index (κ1) is 16.5. The first-order valence-corrected chi connectivity index (χ1v) is 7.42. The van der Waals surface area contributed by atoms with Crippen molar-refractivity contribution in [1.82, 2.24) is 5.32 Å². The molecule has 0 fully saturated rings. The molecule has 2 rings (SSSR count). The molecule has 1 aromatic carbocycles. The van der Waals surface area contributed by atoms with Gasteiger partial charge in [0.05, 0.1) is 10.0 Å². The van der Waals surface area contributed by atoms with E-state index in [0.717, 1.165) is 5.76 Å². The normalized spacial score (nSPS) is 10.7. The maximum absolute atomic E-state index is 11.7. The molecule has 1 amide bonds. The highest BCUT2D eigenvalue weighted by Gasteiger charge is 2.04. The zero-order valence-electron chi connectivity index (χ0n) is 11.5. The summed E-state index contributed by atoms with van der Waals surface area (Å²) in [5.41, 5.74) is 0.630. The van der Waals surface area contributed by atoms with E-state index in [-0.39, 0.29) is 11.0 Å². The second kappa shape index (κ2) is 7.45. The number of amides is 1. The lowest BCUT2D eigenvalue weighted by Crippen LogP contribution is -2.32. The molecule has 1 aromatic heterocycles. The molecule has 0 aliphatic carbocycles. The zero-order valence-corrected chi connectivity index (χ0v) is 13.9. The fourth-order valence-electron chi connectivity index (χ4n) is 1.59. The van der Waals surface area contributed by atoms with Crippen molar-refractivity contribution < 1.29 is 9.21 Å². The van der Waals surface area contributed by atoms with E-state index < -0.39 is 0 Å². The Balaban J connectivity index is 1.89. The molecule has 4 nitrogen and oxygen atoms in total. The first-order valence-electron chi connectivity index (χ1n) is 6.25. The van der Waals surface area contributed by atoms with Crippen LogP contribution in [0, 0.1) is 6.92 Å². The van der Waals surface area contributed by atoms with Crippen LogP contribution in [0.5, 0.6) is 0 Å². The predicted octanol–water partition coefficient (Wildman–Crippen LogP) is 4.42. The fourth-order valence-corrected chi connectivity index (χ4v) is 2.11. The number of rotatable bonds is 3. The molecule has 0 atom stereocenters. The van der Waals surface area contributed by atoms with Crippen molar-refractivity contribution >= 4 is 58.2 Å². The van der Waals surface area contributed by atoms with Crippen LogP contribution >= 0.6 is 35.4 Å². The van der Waals surface area contributed by atoms with Crippen LogP contribution in [0.15, 0.2) is 40.8 Å². The van der Waals surface area contributed by atoms with Crippen LogP contribution in [-0.2, 0) is 4.79 Å². The Morgan fingerprint density at radius 2 is 2.00 bits per heavy atom. The second-order valence-corrected chi connectivity index (χ2v) is 5.58. The number of nitrogens with one attached hydrogen (secondary N) is 2. The fraction of sp³-hybridized carbons (Fsp3) is 0.0667. The van der Waals surface area contributed by atoms with Crippen molar-refractivity contribution in [3.63, 3.8) is 0 Å². The van der Waals surface area contributed by atoms with Gasteiger partial charge in [0.15, 0.2) is 5.11 Å². The number of thiocarbonyl (C=S) groups is 1. The van der Waals surface area contributed by atoms with E-state index in [1.807, 2.05) is 13.0 Å². The summed E-state index contributed by atoms with van der Waals surface area (Å²) in [5, 5.41) is 6.36. The van der Waals surface area contributed by atoms with Gasteiger partial charge >= 0.3 is 0 Å². The number of hydrogen-bond donors (Lipinski definition) is 2. The third-order valence-electron chi connectivity index (χ3n) is 2.57. The van der Waals surface area contributed by atoms with E-state index in [0.29, 0.717) is 21.5 Å². The molecule has 0 unspecified atom stereocenters. The van der Waals surface area contributed by atoms with Crippen LogP contribution in [0.1, 0.15) is 11.5 Å². The molecule has 22 heavy (non-hydrogen) atoms. The highest BCUT2D eigenvalue weighted by molar-refractivity contribution is 7.80. The van der Waals surface area contributed by atoms with Crippen molar-refractivity contribution in [2.24, 2.45) is 0 Å². The molecule has 0 saturated carbocycles. The minimum absolute atomic E-state index is 0.156. The van der Waals surface area contributed by atoms with Crippen molar-refractivity contribution in [3.05, 3.63) is 58.0 Å². The SMILES string of the molecule is Cc1ccc(/C=C/C(=O)NC(=S)Nc2ccc(Cl)c(Cl)c2)o1. The number of benzene rings is 1. The molecule has 0 aliphatic heterocycles. The summed E-state index contributed by atoms with van der Waals surface area (Å²) >= 11 is 16.8. The Morgan fingerprint density at radius 3 is 2.64 bits per heavy atom. The van der Waals surface area contributed by atoms with Crippen LogP contribution < -0.4 is 10.6 Å². The maximum Gasteiger partial charge on any atom is 0.250 e. The van der Waals surface area contributed by atoms with Crippen LogP contribution in [-0.4, -0.2) is 11.0 Å². The van der Waals surface area contributed by atoms with E-state index in [9.17, 15) is 4.79 Å². The standard InChI is InChI=1S/C15H12Cl2N2O2S/c1-9-2-4-11(21-9)5-7-14(20)19-15(22)18-10-3-6-12(16)13(17)8-10/h2-8H,1H3,(H2,18,19,20,22)/b7-5+. The smallest absolute Gasteiger partial charge is 0.250 e. The zero-order chi connectivity index (χ0) is 16.1. The molecule has 1 heterocycles. The molecule has 0 bridgehead atoms. The van der Waals surface area contributed by atoms with Gasteiger partial charge in [-0.15, -0.1) is 0 Å². The van der Waals surface area contributed by atoms with E-state index >= 15 is 0 Å². The minimum atomic E-state index is -0.369. The van der Waals surface area contributed by atoms with E-state index in [1.165, 1.54) is 6.08 Å². The number of carbonyl (C=O) groups excluding carboxylic acids is 1. The summed E-state index contributed by atoms with van der Waals surface area (Å²) in [6.45, 7) is 1.83. The lowest BCUT2D eigenvalue weighted by molar-refractivity contribution is -0.115. The van der Waals surface area contributed by atoms with Gasteiger partial charge in [0.2, 0.25) is 5.91 Å². The highest BCUT2D eigenvalue weighted by atomic mass is 35.5. The molecule has 7 heteroatoms. The lowest BCUT2D eigenvalue weighted by atomic mass is 10.3. The summed E-state index contributed by atoms with van der Waals surface area (Å²) in [7, 11) is 0. The monoisotopic (exact) mass is 354 g/mol. The summed E-state index contributed by atoms with van der Waals surface area (Å²) in [5.74, 6) is 1.000. The van der Waals surface area contributed by atoms with Crippen LogP contribution in [0.3, 0.4) is 0 Å². The lowest BCUT2D eigenvalue weighted by Gasteiger charge is -2.08. The van der Waals surface area contributed by atoms with Gasteiger partial charge in [-0.05, 0) is 55.5 Å². The Labute approximate surface area is 143 Å². The van der Waals surface area contributed by atoms with Gasteiger partial charge in [-0.2, -0.15) is 0 Å². The molecule has 2 N–H and O–H groups in total. The minimum Gasteiger partial charge on any atom is -0.462 e. The Kier molecular flexibility index (Phi) is 5.60. The van der Waals surface area contributed by atoms with Gasteiger partial charge in [-0.3, -0.25) is 10.1 Å². The Morgan fingerprint density at radius 1 is 1.23 bits per heavy atom. The largest absolute Gasteiger partial charge is 0.462 e. The van der Waals surface area contributed by atoms with Gasteiger partial charge in [-0.25, -0.2) is 0 Å². The molecular formula is C15H12Cl2N2O2S. The first-order chi connectivity index (χ1) is 10.4. The molecular weight excluding hydrogens is 343 g/mol. The summed E-state index contributed by atoms with van der Waals surface area (Å²) < 4.78 is 5.32. The topological polar surface area (TPSA) is 54.3 Å². The summed E-state index contributed by atoms with van der Waals surface area (Å²) in [6, 6.07) is 8.53. The number of anilines is 1. The highest BCUT2D eigenvalue weighted by Crippen LogP contribution is 2.24. The number of hydrogen-bond acceptors (Lipinski definition) is 3. The Hall–Kier alpha value is -1.82. The summed E-state index contributed by atoms with van der Waals surface area (Å²) in [4.78, 5) is 11.7. The van der Waals surface area contributed by atoms with Gasteiger partial charge < -0.3 is 9.73 Å². The van der Waals surface area contributed by atoms with Crippen molar-refractivity contribution in [2.75, 3.05) is 5.32 Å². The number of carbonyl (C=O) groups is 1. The van der Waals surface area contributed by atoms with Gasteiger partial charge in [-0.1, -0.05) is 23.2 Å². The van der Waals surface area contributed by atoms with E-state index in [2.05, 4.69) is 10.6 Å². The number of aryl methyl sites for hydroxylation is 1. The average Bonchev–Trinajstić information content (AvgIpc) is 2.86. The van der Waals surface area contributed by atoms with Crippen molar-refractivity contribution in [2.45, 2.75) is 6.92 Å². The number of furan rings is 1. The van der Waals surface area contributed by atoms with Crippen molar-refractivity contribution in [3.8, 4) is 0 Å². The number of halogens is 2. The van der Waals surface area contributed by atoms with Crippen LogP contribution in [0.4, 0.5) is 5.69 Å². The van der Waals surface area contributed by atoms with Crippen LogP contribution in [0.25, 0.3) is 6.08 Å². The molecule has 0 spiro atoms. The summed E-state index contributed by atoms with van der Waals surface area (Å²) in [6.07, 6.45) is 2.89. The third-order valence-corrected chi connectivity index (χ3v) is 3.52. The molecule has 0 saturated heterocycles. The van der Waals surface area contributed by atoms with E-state index in [1.54, 1.807) is 30.3 Å². The van der Waals surface area contributed by atoms with Gasteiger partial charge in [0.1, 0.15) is 11.5 Å². The maximum atomic E-state index is 11.7. The molecule has 114 valence electrons. The third kappa shape index (κ3) is 4.87. The molecule has 0 aliphatic rings. The molecule has 2 aromatic rings. The van der Waals surface area contributed by atoms with Crippen LogP contribution in [0.2, 0.25) is 10.0 Å². The Bertz CT molecular complexity index is 741.